The molecule has 3 aromatic rings. The maximum Gasteiger partial charge on any atom is 0.163 e. The molecule has 1 aromatic heterocycles. The SMILES string of the molecule is COc1ccc(-c2ccc(-c3cc(F)c(C=O)s3)cc2C#N)cc1. The summed E-state index contributed by atoms with van der Waals surface area (Å²) >= 11 is 1.07. The number of thiophene rings is 1. The van der Waals surface area contributed by atoms with E-state index in [1.807, 2.05) is 36.4 Å². The summed E-state index contributed by atoms with van der Waals surface area (Å²) in [6.07, 6.45) is 0.500. The minimum atomic E-state index is -0.539. The van der Waals surface area contributed by atoms with Crippen LogP contribution in [0.25, 0.3) is 21.6 Å². The predicted molar refractivity (Wildman–Crippen MR) is 91.8 cm³/mol. The standard InChI is InChI=1S/C19H12FNO2S/c1-23-15-5-2-12(3-6-15)16-7-4-13(8-14(16)10-21)18-9-17(20)19(11-22)24-18/h2-9,11H,1H3. The summed E-state index contributed by atoms with van der Waals surface area (Å²) in [7, 11) is 1.60. The quantitative estimate of drug-likeness (QED) is 0.635. The number of carbonyl (C=O) groups excluding carboxylic acids is 1. The number of nitriles is 1. The molecule has 0 aliphatic carbocycles. The van der Waals surface area contributed by atoms with Crippen LogP contribution in [0.4, 0.5) is 4.39 Å². The minimum absolute atomic E-state index is 0.0581. The molecule has 0 fully saturated rings. The second-order valence-electron chi connectivity index (χ2n) is 5.04. The Hall–Kier alpha value is -2.97. The number of carbonyl (C=O) groups is 1. The van der Waals surface area contributed by atoms with Crippen LogP contribution < -0.4 is 4.74 Å². The molecule has 0 saturated carbocycles. The van der Waals surface area contributed by atoms with Crippen molar-refractivity contribution in [1.29, 1.82) is 5.26 Å². The molecule has 0 spiro atoms. The number of nitrogens with zero attached hydrogens (tertiary/aromatic N) is 1. The van der Waals surface area contributed by atoms with E-state index in [0.29, 0.717) is 22.3 Å². The van der Waals surface area contributed by atoms with E-state index in [2.05, 4.69) is 6.07 Å². The van der Waals surface area contributed by atoms with Crippen LogP contribution in [0.15, 0.2) is 48.5 Å². The van der Waals surface area contributed by atoms with E-state index in [1.54, 1.807) is 13.2 Å². The van der Waals surface area contributed by atoms with E-state index in [4.69, 9.17) is 4.74 Å². The molecule has 0 unspecified atom stereocenters. The summed E-state index contributed by atoms with van der Waals surface area (Å²) in [5, 5.41) is 9.46. The highest BCUT2D eigenvalue weighted by Gasteiger charge is 2.12. The van der Waals surface area contributed by atoms with Gasteiger partial charge in [-0.15, -0.1) is 11.3 Å². The van der Waals surface area contributed by atoms with Crippen LogP contribution in [-0.2, 0) is 0 Å². The smallest absolute Gasteiger partial charge is 0.163 e. The summed E-state index contributed by atoms with van der Waals surface area (Å²) in [5.74, 6) is 0.201. The summed E-state index contributed by atoms with van der Waals surface area (Å²) in [5.41, 5.74) is 2.88. The molecule has 1 heterocycles. The zero-order chi connectivity index (χ0) is 17.1. The van der Waals surface area contributed by atoms with Crippen molar-refractivity contribution in [2.75, 3.05) is 7.11 Å². The van der Waals surface area contributed by atoms with Gasteiger partial charge in [0.25, 0.3) is 0 Å². The molecule has 0 saturated heterocycles. The topological polar surface area (TPSA) is 50.1 Å². The van der Waals surface area contributed by atoms with Gasteiger partial charge in [-0.1, -0.05) is 24.3 Å². The fraction of sp³-hybridized carbons (Fsp3) is 0.0526. The van der Waals surface area contributed by atoms with Crippen LogP contribution in [0.5, 0.6) is 5.75 Å². The van der Waals surface area contributed by atoms with Crippen LogP contribution in [0, 0.1) is 17.1 Å². The summed E-state index contributed by atoms with van der Waals surface area (Å²) in [6.45, 7) is 0. The third-order valence-electron chi connectivity index (χ3n) is 3.65. The molecule has 0 bridgehead atoms. The Labute approximate surface area is 142 Å². The first kappa shape index (κ1) is 15.9. The number of rotatable bonds is 4. The lowest BCUT2D eigenvalue weighted by molar-refractivity contribution is 0.112. The largest absolute Gasteiger partial charge is 0.497 e. The van der Waals surface area contributed by atoms with E-state index in [-0.39, 0.29) is 4.88 Å². The Morgan fingerprint density at radius 3 is 2.42 bits per heavy atom. The van der Waals surface area contributed by atoms with Gasteiger partial charge in [0.05, 0.1) is 18.7 Å². The van der Waals surface area contributed by atoms with E-state index in [9.17, 15) is 14.4 Å². The molecule has 3 nitrogen and oxygen atoms in total. The number of methoxy groups -OCH3 is 1. The van der Waals surface area contributed by atoms with Gasteiger partial charge in [0.15, 0.2) is 6.29 Å². The Morgan fingerprint density at radius 2 is 1.83 bits per heavy atom. The number of benzene rings is 2. The van der Waals surface area contributed by atoms with Crippen LogP contribution in [-0.4, -0.2) is 13.4 Å². The van der Waals surface area contributed by atoms with Gasteiger partial charge in [-0.05, 0) is 41.0 Å². The van der Waals surface area contributed by atoms with Gasteiger partial charge in [-0.3, -0.25) is 4.79 Å². The normalized spacial score (nSPS) is 10.2. The minimum Gasteiger partial charge on any atom is -0.497 e. The highest BCUT2D eigenvalue weighted by molar-refractivity contribution is 7.17. The zero-order valence-electron chi connectivity index (χ0n) is 12.7. The molecule has 0 atom stereocenters. The number of hydrogen-bond donors (Lipinski definition) is 0. The lowest BCUT2D eigenvalue weighted by Crippen LogP contribution is -1.87. The molecule has 5 heteroatoms. The average molecular weight is 337 g/mol. The van der Waals surface area contributed by atoms with Crippen molar-refractivity contribution in [1.82, 2.24) is 0 Å². The van der Waals surface area contributed by atoms with E-state index in [1.165, 1.54) is 6.07 Å². The van der Waals surface area contributed by atoms with Crippen LogP contribution in [0.2, 0.25) is 0 Å². The molecule has 0 N–H and O–H groups in total. The van der Waals surface area contributed by atoms with Gasteiger partial charge in [-0.25, -0.2) is 4.39 Å². The van der Waals surface area contributed by atoms with Crippen molar-refractivity contribution in [3.63, 3.8) is 0 Å². The second kappa shape index (κ2) is 6.65. The third-order valence-corrected chi connectivity index (χ3v) is 4.73. The first-order valence-electron chi connectivity index (χ1n) is 7.09. The second-order valence-corrected chi connectivity index (χ2v) is 6.13. The highest BCUT2D eigenvalue weighted by atomic mass is 32.1. The molecule has 0 radical (unpaired) electrons. The maximum atomic E-state index is 13.6. The van der Waals surface area contributed by atoms with Crippen LogP contribution >= 0.6 is 11.3 Å². The van der Waals surface area contributed by atoms with Crippen molar-refractivity contribution in [3.8, 4) is 33.4 Å². The Morgan fingerprint density at radius 1 is 1.12 bits per heavy atom. The first-order valence-corrected chi connectivity index (χ1v) is 7.91. The lowest BCUT2D eigenvalue weighted by Gasteiger charge is -2.07. The van der Waals surface area contributed by atoms with Crippen LogP contribution in [0.1, 0.15) is 15.2 Å². The molecular weight excluding hydrogens is 325 g/mol. The van der Waals surface area contributed by atoms with Gasteiger partial charge >= 0.3 is 0 Å². The van der Waals surface area contributed by atoms with Gasteiger partial charge in [-0.2, -0.15) is 5.26 Å². The molecule has 118 valence electrons. The van der Waals surface area contributed by atoms with Crippen molar-refractivity contribution in [2.24, 2.45) is 0 Å². The molecule has 2 aromatic carbocycles. The van der Waals surface area contributed by atoms with Gasteiger partial charge < -0.3 is 4.74 Å². The van der Waals surface area contributed by atoms with Crippen molar-refractivity contribution in [2.45, 2.75) is 0 Å². The molecule has 0 aliphatic rings. The summed E-state index contributed by atoms with van der Waals surface area (Å²) in [4.78, 5) is 11.5. The summed E-state index contributed by atoms with van der Waals surface area (Å²) in [6, 6.07) is 16.3. The molecular formula is C19H12FNO2S. The number of halogens is 1. The Kier molecular flexibility index (Phi) is 4.41. The molecule has 24 heavy (non-hydrogen) atoms. The zero-order valence-corrected chi connectivity index (χ0v) is 13.6. The van der Waals surface area contributed by atoms with Gasteiger partial charge in [0, 0.05) is 4.88 Å². The summed E-state index contributed by atoms with van der Waals surface area (Å²) < 4.78 is 18.7. The Bertz CT molecular complexity index is 939. The van der Waals surface area contributed by atoms with Gasteiger partial charge in [0.1, 0.15) is 16.4 Å². The third kappa shape index (κ3) is 2.92. The average Bonchev–Trinajstić information content (AvgIpc) is 3.02. The number of aldehydes is 1. The predicted octanol–water partition coefficient (Wildman–Crippen LogP) is 4.91. The highest BCUT2D eigenvalue weighted by Crippen LogP contribution is 2.33. The Balaban J connectivity index is 2.04. The first-order chi connectivity index (χ1) is 11.7. The molecule has 0 amide bonds. The van der Waals surface area contributed by atoms with E-state index < -0.39 is 5.82 Å². The van der Waals surface area contributed by atoms with Crippen molar-refractivity contribution in [3.05, 3.63) is 64.8 Å². The molecule has 0 aliphatic heterocycles. The lowest BCUT2D eigenvalue weighted by atomic mass is 9.97. The van der Waals surface area contributed by atoms with Crippen molar-refractivity contribution >= 4 is 17.6 Å². The molecule has 3 rings (SSSR count). The maximum absolute atomic E-state index is 13.6. The fourth-order valence-corrected chi connectivity index (χ4v) is 3.27. The van der Waals surface area contributed by atoms with Gasteiger partial charge in [0.2, 0.25) is 0 Å². The van der Waals surface area contributed by atoms with E-state index >= 15 is 0 Å². The fourth-order valence-electron chi connectivity index (χ4n) is 2.42. The van der Waals surface area contributed by atoms with Crippen molar-refractivity contribution < 1.29 is 13.9 Å². The van der Waals surface area contributed by atoms with Crippen LogP contribution in [0.3, 0.4) is 0 Å². The number of ether oxygens (including phenoxy) is 1. The van der Waals surface area contributed by atoms with E-state index in [0.717, 1.165) is 28.2 Å². The monoisotopic (exact) mass is 337 g/mol. The number of hydrogen-bond acceptors (Lipinski definition) is 4.